The van der Waals surface area contributed by atoms with Crippen LogP contribution in [-0.2, 0) is 12.7 Å². The zero-order valence-corrected chi connectivity index (χ0v) is 10.7. The molecule has 0 amide bonds. The number of nitrogens with zero attached hydrogens (tertiary/aromatic N) is 2. The molecule has 0 saturated heterocycles. The molecule has 0 aliphatic heterocycles. The average Bonchev–Trinajstić information content (AvgIpc) is 2.88. The molecule has 0 atom stereocenters. The van der Waals surface area contributed by atoms with Crippen molar-refractivity contribution in [3.8, 4) is 0 Å². The number of halogens is 3. The van der Waals surface area contributed by atoms with Crippen LogP contribution in [0.3, 0.4) is 0 Å². The van der Waals surface area contributed by atoms with Crippen molar-refractivity contribution >= 4 is 22.7 Å². The van der Waals surface area contributed by atoms with Crippen LogP contribution >= 0.6 is 11.3 Å². The second kappa shape index (κ2) is 5.45. The Hall–Kier alpha value is -2.16. The van der Waals surface area contributed by atoms with Crippen LogP contribution in [0.1, 0.15) is 11.3 Å². The average molecular weight is 303 g/mol. The first-order valence-corrected chi connectivity index (χ1v) is 6.29. The van der Waals surface area contributed by atoms with Crippen molar-refractivity contribution < 1.29 is 18.1 Å². The summed E-state index contributed by atoms with van der Waals surface area (Å²) in [6, 6.07) is 2.80. The van der Waals surface area contributed by atoms with Crippen LogP contribution in [0.2, 0.25) is 0 Å². The Morgan fingerprint density at radius 3 is 2.70 bits per heavy atom. The SMILES string of the molecule is O=[N+]([O-])c1ccc(NCc2cscn2)cc1C(F)(F)F. The van der Waals surface area contributed by atoms with Crippen molar-refractivity contribution in [1.29, 1.82) is 0 Å². The van der Waals surface area contributed by atoms with E-state index in [1.807, 2.05) is 0 Å². The molecule has 1 aromatic carbocycles. The highest BCUT2D eigenvalue weighted by molar-refractivity contribution is 7.07. The van der Waals surface area contributed by atoms with E-state index in [1.54, 1.807) is 10.9 Å². The van der Waals surface area contributed by atoms with E-state index >= 15 is 0 Å². The predicted octanol–water partition coefficient (Wildman–Crippen LogP) is 3.68. The summed E-state index contributed by atoms with van der Waals surface area (Å²) in [7, 11) is 0. The van der Waals surface area contributed by atoms with Crippen molar-refractivity contribution in [2.45, 2.75) is 12.7 Å². The Kier molecular flexibility index (Phi) is 3.89. The van der Waals surface area contributed by atoms with Crippen LogP contribution in [0.15, 0.2) is 29.1 Å². The fourth-order valence-electron chi connectivity index (χ4n) is 1.55. The van der Waals surface area contributed by atoms with E-state index in [2.05, 4.69) is 10.3 Å². The number of rotatable bonds is 4. The van der Waals surface area contributed by atoms with E-state index in [0.717, 1.165) is 12.1 Å². The molecule has 9 heteroatoms. The van der Waals surface area contributed by atoms with Crippen molar-refractivity contribution in [1.82, 2.24) is 4.98 Å². The van der Waals surface area contributed by atoms with Gasteiger partial charge >= 0.3 is 6.18 Å². The Morgan fingerprint density at radius 1 is 1.40 bits per heavy atom. The molecule has 0 aliphatic carbocycles. The van der Waals surface area contributed by atoms with Crippen LogP contribution in [0.4, 0.5) is 24.5 Å². The quantitative estimate of drug-likeness (QED) is 0.691. The molecule has 0 fully saturated rings. The minimum Gasteiger partial charge on any atom is -0.379 e. The molecule has 2 aromatic rings. The van der Waals surface area contributed by atoms with Gasteiger partial charge in [-0.1, -0.05) is 0 Å². The van der Waals surface area contributed by atoms with E-state index < -0.39 is 22.4 Å². The second-order valence-corrected chi connectivity index (χ2v) is 4.54. The number of benzene rings is 1. The standard InChI is InChI=1S/C11H8F3N3O2S/c12-11(13,14)9-3-7(1-2-10(9)17(18)19)15-4-8-5-20-6-16-8/h1-3,5-6,15H,4H2. The Morgan fingerprint density at radius 2 is 2.15 bits per heavy atom. The number of aromatic nitrogens is 1. The Balaban J connectivity index is 2.25. The van der Waals surface area contributed by atoms with E-state index in [-0.39, 0.29) is 12.2 Å². The smallest absolute Gasteiger partial charge is 0.379 e. The summed E-state index contributed by atoms with van der Waals surface area (Å²) in [6.07, 6.45) is -4.78. The number of hydrogen-bond acceptors (Lipinski definition) is 5. The monoisotopic (exact) mass is 303 g/mol. The maximum absolute atomic E-state index is 12.8. The minimum atomic E-state index is -4.78. The first kappa shape index (κ1) is 14.3. The fraction of sp³-hybridized carbons (Fsp3) is 0.182. The molecule has 0 bridgehead atoms. The van der Waals surface area contributed by atoms with E-state index in [1.165, 1.54) is 17.4 Å². The van der Waals surface area contributed by atoms with Crippen LogP contribution in [0.5, 0.6) is 0 Å². The van der Waals surface area contributed by atoms with Gasteiger partial charge < -0.3 is 5.32 Å². The second-order valence-electron chi connectivity index (χ2n) is 3.82. The summed E-state index contributed by atoms with van der Waals surface area (Å²) in [5, 5.41) is 15.1. The number of nitro benzene ring substituents is 1. The molecule has 1 heterocycles. The van der Waals surface area contributed by atoms with Crippen molar-refractivity contribution in [2.24, 2.45) is 0 Å². The number of nitrogens with one attached hydrogen (secondary N) is 1. The van der Waals surface area contributed by atoms with Gasteiger partial charge in [0, 0.05) is 17.1 Å². The third kappa shape index (κ3) is 3.23. The van der Waals surface area contributed by atoms with E-state index in [9.17, 15) is 23.3 Å². The zero-order chi connectivity index (χ0) is 14.8. The van der Waals surface area contributed by atoms with E-state index in [4.69, 9.17) is 0 Å². The number of hydrogen-bond donors (Lipinski definition) is 1. The minimum absolute atomic E-state index is 0.149. The van der Waals surface area contributed by atoms with Gasteiger partial charge in [0.25, 0.3) is 5.69 Å². The summed E-state index contributed by atoms with van der Waals surface area (Å²) in [5.74, 6) is 0. The molecule has 1 aromatic heterocycles. The van der Waals surface area contributed by atoms with Gasteiger partial charge in [-0.25, -0.2) is 4.98 Å². The molecule has 106 valence electrons. The summed E-state index contributed by atoms with van der Waals surface area (Å²) < 4.78 is 38.3. The van der Waals surface area contributed by atoms with Crippen LogP contribution in [0.25, 0.3) is 0 Å². The first-order valence-electron chi connectivity index (χ1n) is 5.34. The van der Waals surface area contributed by atoms with Crippen molar-refractivity contribution in [3.05, 3.63) is 50.5 Å². The lowest BCUT2D eigenvalue weighted by atomic mass is 10.1. The van der Waals surface area contributed by atoms with E-state index in [0.29, 0.717) is 5.69 Å². The Labute approximate surface area is 115 Å². The molecule has 0 saturated carbocycles. The van der Waals surface area contributed by atoms with Crippen LogP contribution < -0.4 is 5.32 Å². The lowest BCUT2D eigenvalue weighted by Crippen LogP contribution is -2.10. The summed E-state index contributed by atoms with van der Waals surface area (Å²) in [6.45, 7) is 0.249. The van der Waals surface area contributed by atoms with Crippen molar-refractivity contribution in [2.75, 3.05) is 5.32 Å². The molecule has 0 aliphatic rings. The molecule has 2 rings (SSSR count). The first-order chi connectivity index (χ1) is 9.38. The lowest BCUT2D eigenvalue weighted by Gasteiger charge is -2.10. The maximum Gasteiger partial charge on any atom is 0.423 e. The zero-order valence-electron chi connectivity index (χ0n) is 9.85. The third-order valence-electron chi connectivity index (χ3n) is 2.46. The number of alkyl halides is 3. The third-order valence-corrected chi connectivity index (χ3v) is 3.09. The van der Waals surface area contributed by atoms with Crippen LogP contribution in [0, 0.1) is 10.1 Å². The number of thiazole rings is 1. The number of anilines is 1. The lowest BCUT2D eigenvalue weighted by molar-refractivity contribution is -0.388. The van der Waals surface area contributed by atoms with Gasteiger partial charge in [-0.2, -0.15) is 13.2 Å². The van der Waals surface area contributed by atoms with Gasteiger partial charge in [0.05, 0.1) is 22.7 Å². The predicted molar refractivity (Wildman–Crippen MR) is 67.5 cm³/mol. The Bertz CT molecular complexity index is 614. The molecular formula is C11H8F3N3O2S. The summed E-state index contributed by atoms with van der Waals surface area (Å²) >= 11 is 1.37. The largest absolute Gasteiger partial charge is 0.423 e. The highest BCUT2D eigenvalue weighted by Gasteiger charge is 2.38. The molecule has 0 radical (unpaired) electrons. The topological polar surface area (TPSA) is 68.1 Å². The van der Waals surface area contributed by atoms with Crippen LogP contribution in [-0.4, -0.2) is 9.91 Å². The molecular weight excluding hydrogens is 295 g/mol. The van der Waals surface area contributed by atoms with Gasteiger partial charge in [-0.05, 0) is 12.1 Å². The molecule has 0 unspecified atom stereocenters. The molecule has 5 nitrogen and oxygen atoms in total. The highest BCUT2D eigenvalue weighted by Crippen LogP contribution is 2.37. The van der Waals surface area contributed by atoms with Crippen molar-refractivity contribution in [3.63, 3.8) is 0 Å². The van der Waals surface area contributed by atoms with Gasteiger partial charge in [0.15, 0.2) is 0 Å². The van der Waals surface area contributed by atoms with Gasteiger partial charge in [0.1, 0.15) is 5.56 Å². The number of nitro groups is 1. The summed E-state index contributed by atoms with van der Waals surface area (Å²) in [5.41, 5.74) is 0.203. The molecule has 20 heavy (non-hydrogen) atoms. The van der Waals surface area contributed by atoms with Gasteiger partial charge in [-0.3, -0.25) is 10.1 Å². The molecule has 1 N–H and O–H groups in total. The maximum atomic E-state index is 12.8. The fourth-order valence-corrected chi connectivity index (χ4v) is 2.11. The molecule has 0 spiro atoms. The van der Waals surface area contributed by atoms with Gasteiger partial charge in [-0.15, -0.1) is 11.3 Å². The van der Waals surface area contributed by atoms with Gasteiger partial charge in [0.2, 0.25) is 0 Å². The normalized spacial score (nSPS) is 11.3. The highest BCUT2D eigenvalue weighted by atomic mass is 32.1. The summed E-state index contributed by atoms with van der Waals surface area (Å²) in [4.78, 5) is 13.5.